The molecule has 1 fully saturated rings. The van der Waals surface area contributed by atoms with E-state index in [4.69, 9.17) is 16.3 Å². The van der Waals surface area contributed by atoms with Gasteiger partial charge in [0.2, 0.25) is 0 Å². The van der Waals surface area contributed by atoms with Crippen LogP contribution < -0.4 is 8.92 Å². The average molecular weight is 331 g/mol. The zero-order valence-corrected chi connectivity index (χ0v) is 11.8. The minimum absolute atomic E-state index is 0.0909. The molecule has 112 valence electrons. The number of rotatable bonds is 4. The third-order valence-electron chi connectivity index (χ3n) is 2.77. The third kappa shape index (κ3) is 2.95. The van der Waals surface area contributed by atoms with Crippen LogP contribution in [0.25, 0.3) is 0 Å². The van der Waals surface area contributed by atoms with Crippen LogP contribution >= 0.6 is 11.6 Å². The van der Waals surface area contributed by atoms with Crippen molar-refractivity contribution in [3.05, 3.63) is 22.7 Å². The first-order chi connectivity index (χ1) is 9.15. The Bertz CT molecular complexity index is 623. The van der Waals surface area contributed by atoms with Gasteiger partial charge in [-0.25, -0.2) is 0 Å². The Labute approximate surface area is 118 Å². The molecule has 0 aromatic heterocycles. The van der Waals surface area contributed by atoms with E-state index in [-0.39, 0.29) is 22.3 Å². The molecule has 1 saturated carbocycles. The van der Waals surface area contributed by atoms with Gasteiger partial charge in [0, 0.05) is 11.6 Å². The molecule has 0 spiro atoms. The number of hydrogen-bond donors (Lipinski definition) is 0. The monoisotopic (exact) mass is 330 g/mol. The van der Waals surface area contributed by atoms with E-state index in [9.17, 15) is 21.6 Å². The minimum Gasteiger partial charge on any atom is -0.497 e. The average Bonchev–Trinajstić information content (AvgIpc) is 3.10. The highest BCUT2D eigenvalue weighted by atomic mass is 35.5. The van der Waals surface area contributed by atoms with Crippen molar-refractivity contribution in [1.82, 2.24) is 0 Å². The highest BCUT2D eigenvalue weighted by Crippen LogP contribution is 2.49. The molecule has 0 aliphatic heterocycles. The van der Waals surface area contributed by atoms with Gasteiger partial charge in [-0.15, -0.1) is 0 Å². The molecule has 0 N–H and O–H groups in total. The van der Waals surface area contributed by atoms with Gasteiger partial charge in [0.15, 0.2) is 5.75 Å². The van der Waals surface area contributed by atoms with Crippen molar-refractivity contribution in [3.63, 3.8) is 0 Å². The summed E-state index contributed by atoms with van der Waals surface area (Å²) in [5, 5.41) is 0.124. The van der Waals surface area contributed by atoms with Crippen LogP contribution in [-0.4, -0.2) is 21.0 Å². The van der Waals surface area contributed by atoms with Crippen molar-refractivity contribution < 1.29 is 30.5 Å². The molecule has 0 atom stereocenters. The van der Waals surface area contributed by atoms with Crippen molar-refractivity contribution in [3.8, 4) is 11.5 Å². The largest absolute Gasteiger partial charge is 0.534 e. The third-order valence-corrected chi connectivity index (χ3v) is 4.05. The number of alkyl halides is 3. The molecule has 9 heteroatoms. The fraction of sp³-hybridized carbons (Fsp3) is 0.455. The molecular formula is C11H10ClF3O4S. The quantitative estimate of drug-likeness (QED) is 0.626. The molecule has 0 radical (unpaired) electrons. The van der Waals surface area contributed by atoms with E-state index in [1.54, 1.807) is 0 Å². The second-order valence-electron chi connectivity index (χ2n) is 4.28. The summed E-state index contributed by atoms with van der Waals surface area (Å²) in [6, 6.07) is 2.49. The molecule has 20 heavy (non-hydrogen) atoms. The van der Waals surface area contributed by atoms with Gasteiger partial charge in [0.1, 0.15) is 5.75 Å². The number of hydrogen-bond acceptors (Lipinski definition) is 4. The van der Waals surface area contributed by atoms with Crippen LogP contribution in [0.5, 0.6) is 11.5 Å². The summed E-state index contributed by atoms with van der Waals surface area (Å²) >= 11 is 5.96. The summed E-state index contributed by atoms with van der Waals surface area (Å²) in [6.45, 7) is 0. The Kier molecular flexibility index (Phi) is 3.81. The van der Waals surface area contributed by atoms with Gasteiger partial charge in [-0.2, -0.15) is 21.6 Å². The van der Waals surface area contributed by atoms with E-state index in [1.165, 1.54) is 13.2 Å². The first-order valence-electron chi connectivity index (χ1n) is 5.54. The topological polar surface area (TPSA) is 52.6 Å². The number of halogens is 4. The fourth-order valence-electron chi connectivity index (χ4n) is 1.69. The summed E-state index contributed by atoms with van der Waals surface area (Å²) in [5.74, 6) is -0.409. The molecule has 0 saturated heterocycles. The molecule has 1 aromatic carbocycles. The van der Waals surface area contributed by atoms with Crippen LogP contribution in [-0.2, 0) is 10.1 Å². The van der Waals surface area contributed by atoms with Crippen LogP contribution in [0.2, 0.25) is 5.02 Å². The Balaban J connectivity index is 2.47. The highest BCUT2D eigenvalue weighted by molar-refractivity contribution is 7.88. The minimum atomic E-state index is -5.73. The SMILES string of the molecule is COc1cc(Cl)c(C2CC2)c(OS(=O)(=O)C(F)(F)F)c1. The van der Waals surface area contributed by atoms with Gasteiger partial charge >= 0.3 is 15.6 Å². The summed E-state index contributed by atoms with van der Waals surface area (Å²) in [7, 11) is -4.45. The van der Waals surface area contributed by atoms with Gasteiger partial charge in [-0.1, -0.05) is 11.6 Å². The van der Waals surface area contributed by atoms with Crippen LogP contribution in [0.4, 0.5) is 13.2 Å². The molecule has 0 bridgehead atoms. The van der Waals surface area contributed by atoms with Gasteiger partial charge in [-0.3, -0.25) is 0 Å². The Hall–Kier alpha value is -1.15. The predicted molar refractivity (Wildman–Crippen MR) is 65.6 cm³/mol. The van der Waals surface area contributed by atoms with Crippen molar-refractivity contribution in [2.75, 3.05) is 7.11 Å². The zero-order chi connectivity index (χ0) is 15.1. The molecule has 0 unspecified atom stereocenters. The van der Waals surface area contributed by atoms with Gasteiger partial charge in [0.05, 0.1) is 12.1 Å². The number of benzene rings is 1. The van der Waals surface area contributed by atoms with Gasteiger partial charge in [-0.05, 0) is 24.8 Å². The lowest BCUT2D eigenvalue weighted by Gasteiger charge is -2.15. The Morgan fingerprint density at radius 2 is 1.90 bits per heavy atom. The summed E-state index contributed by atoms with van der Waals surface area (Å²) in [4.78, 5) is 0. The van der Waals surface area contributed by atoms with Crippen LogP contribution in [0.3, 0.4) is 0 Å². The van der Waals surface area contributed by atoms with Crippen molar-refractivity contribution in [2.24, 2.45) is 0 Å². The molecule has 2 rings (SSSR count). The van der Waals surface area contributed by atoms with Gasteiger partial charge in [0.25, 0.3) is 0 Å². The zero-order valence-electron chi connectivity index (χ0n) is 10.2. The maximum Gasteiger partial charge on any atom is 0.534 e. The van der Waals surface area contributed by atoms with Crippen LogP contribution in [0.15, 0.2) is 12.1 Å². The Morgan fingerprint density at radius 3 is 2.35 bits per heavy atom. The fourth-order valence-corrected chi connectivity index (χ4v) is 2.51. The van der Waals surface area contributed by atoms with E-state index in [0.717, 1.165) is 6.07 Å². The molecular weight excluding hydrogens is 321 g/mol. The number of ether oxygens (including phenoxy) is 1. The molecule has 1 aliphatic rings. The van der Waals surface area contributed by atoms with Crippen molar-refractivity contribution >= 4 is 21.7 Å². The first-order valence-corrected chi connectivity index (χ1v) is 7.32. The molecule has 1 aromatic rings. The molecule has 1 aliphatic carbocycles. The normalized spacial score (nSPS) is 16.1. The van der Waals surface area contributed by atoms with E-state index in [1.807, 2.05) is 0 Å². The lowest BCUT2D eigenvalue weighted by atomic mass is 10.1. The number of methoxy groups -OCH3 is 1. The van der Waals surface area contributed by atoms with Crippen LogP contribution in [0, 0.1) is 0 Å². The summed E-state index contributed by atoms with van der Waals surface area (Å²) in [6.07, 6.45) is 1.43. The van der Waals surface area contributed by atoms with E-state index in [2.05, 4.69) is 4.18 Å². The second-order valence-corrected chi connectivity index (χ2v) is 6.22. The van der Waals surface area contributed by atoms with Crippen molar-refractivity contribution in [1.29, 1.82) is 0 Å². The first kappa shape index (κ1) is 15.2. The van der Waals surface area contributed by atoms with E-state index >= 15 is 0 Å². The van der Waals surface area contributed by atoms with Crippen LogP contribution in [0.1, 0.15) is 24.3 Å². The molecule has 0 heterocycles. The van der Waals surface area contributed by atoms with Crippen molar-refractivity contribution in [2.45, 2.75) is 24.3 Å². The highest BCUT2D eigenvalue weighted by Gasteiger charge is 2.49. The maximum atomic E-state index is 12.4. The van der Waals surface area contributed by atoms with Gasteiger partial charge < -0.3 is 8.92 Å². The molecule has 0 amide bonds. The molecule has 4 nitrogen and oxygen atoms in total. The smallest absolute Gasteiger partial charge is 0.497 e. The maximum absolute atomic E-state index is 12.4. The van der Waals surface area contributed by atoms with E-state index < -0.39 is 21.4 Å². The lowest BCUT2D eigenvalue weighted by molar-refractivity contribution is -0.0500. The summed E-state index contributed by atoms with van der Waals surface area (Å²) in [5.41, 5.74) is -5.23. The second kappa shape index (κ2) is 5.00. The summed E-state index contributed by atoms with van der Waals surface area (Å²) < 4.78 is 68.4. The lowest BCUT2D eigenvalue weighted by Crippen LogP contribution is -2.28. The standard InChI is InChI=1S/C11H10ClF3O4S/c1-18-7-4-8(12)10(6-2-3-6)9(5-7)19-20(16,17)11(13,14)15/h4-6H,2-3H2,1H3. The van der Waals surface area contributed by atoms with E-state index in [0.29, 0.717) is 12.8 Å². The predicted octanol–water partition coefficient (Wildman–Crippen LogP) is 3.45. The Morgan fingerprint density at radius 1 is 1.30 bits per heavy atom.